The number of aromatic nitrogens is 2. The molecule has 7 aromatic carbocycles. The highest BCUT2D eigenvalue weighted by atomic mass is 15.1. The first kappa shape index (κ1) is 30.7. The van der Waals surface area contributed by atoms with Crippen molar-refractivity contribution in [3.05, 3.63) is 167 Å². The van der Waals surface area contributed by atoms with Gasteiger partial charge < -0.3 is 9.13 Å². The Morgan fingerprint density at radius 1 is 0.426 bits per heavy atom. The minimum absolute atomic E-state index is 0.153. The lowest BCUT2D eigenvalue weighted by atomic mass is 9.82. The molecule has 0 saturated heterocycles. The Balaban J connectivity index is 1.31. The van der Waals surface area contributed by atoms with E-state index >= 15 is 0 Å². The van der Waals surface area contributed by atoms with E-state index in [1.54, 1.807) is 6.07 Å². The van der Waals surface area contributed by atoms with Crippen molar-refractivity contribution >= 4 is 43.6 Å². The second kappa shape index (κ2) is 10.4. The van der Waals surface area contributed by atoms with Gasteiger partial charge in [-0.3, -0.25) is 0 Å². The predicted molar refractivity (Wildman–Crippen MR) is 220 cm³/mol. The molecule has 9 aromatic rings. The molecule has 0 radical (unpaired) electrons. The highest BCUT2D eigenvalue weighted by molar-refractivity contribution is 6.14. The van der Waals surface area contributed by atoms with Gasteiger partial charge in [-0.25, -0.2) is 0 Å². The van der Waals surface area contributed by atoms with Gasteiger partial charge in [0.1, 0.15) is 6.07 Å². The minimum atomic E-state index is -0.156. The Hall–Kier alpha value is -6.88. The molecule has 2 heterocycles. The molecule has 2 aliphatic rings. The van der Waals surface area contributed by atoms with Gasteiger partial charge in [0.15, 0.2) is 0 Å². The first-order valence-corrected chi connectivity index (χ1v) is 18.6. The highest BCUT2D eigenvalue weighted by Crippen LogP contribution is 2.53. The Kier molecular flexibility index (Phi) is 5.90. The van der Waals surface area contributed by atoms with Crippen LogP contribution in [0.4, 0.5) is 0 Å². The zero-order chi connectivity index (χ0) is 36.7. The molecular formula is C50H34N4. The molecule has 54 heavy (non-hydrogen) atoms. The van der Waals surface area contributed by atoms with Gasteiger partial charge in [0.25, 0.3) is 0 Å². The van der Waals surface area contributed by atoms with Crippen LogP contribution in [0.3, 0.4) is 0 Å². The van der Waals surface area contributed by atoms with Crippen LogP contribution in [0.15, 0.2) is 133 Å². The average molecular weight is 691 g/mol. The van der Waals surface area contributed by atoms with Crippen LogP contribution in [0.2, 0.25) is 0 Å². The maximum atomic E-state index is 11.0. The van der Waals surface area contributed by atoms with Gasteiger partial charge in [-0.1, -0.05) is 113 Å². The molecule has 0 fully saturated rings. The molecule has 0 aliphatic heterocycles. The maximum Gasteiger partial charge on any atom is 0.101 e. The third-order valence-corrected chi connectivity index (χ3v) is 12.6. The van der Waals surface area contributed by atoms with Crippen molar-refractivity contribution in [3.63, 3.8) is 0 Å². The van der Waals surface area contributed by atoms with Crippen molar-refractivity contribution in [2.45, 2.75) is 38.5 Å². The first-order valence-electron chi connectivity index (χ1n) is 18.6. The van der Waals surface area contributed by atoms with Gasteiger partial charge in [0.2, 0.25) is 0 Å². The van der Waals surface area contributed by atoms with Crippen LogP contribution in [-0.2, 0) is 10.8 Å². The van der Waals surface area contributed by atoms with Crippen LogP contribution in [-0.4, -0.2) is 9.13 Å². The summed E-state index contributed by atoms with van der Waals surface area (Å²) in [5, 5.41) is 26.0. The van der Waals surface area contributed by atoms with Gasteiger partial charge in [0.05, 0.1) is 50.6 Å². The average Bonchev–Trinajstić information content (AvgIpc) is 3.84. The number of para-hydroxylation sites is 2. The summed E-state index contributed by atoms with van der Waals surface area (Å²) in [5.41, 5.74) is 16.5. The number of hydrogen-bond acceptors (Lipinski definition) is 2. The fourth-order valence-electron chi connectivity index (χ4n) is 10.0. The third-order valence-electron chi connectivity index (χ3n) is 12.6. The summed E-state index contributed by atoms with van der Waals surface area (Å²) < 4.78 is 4.57. The molecular weight excluding hydrogens is 657 g/mol. The summed E-state index contributed by atoms with van der Waals surface area (Å²) >= 11 is 0. The van der Waals surface area contributed by atoms with Crippen molar-refractivity contribution in [1.29, 1.82) is 10.5 Å². The Labute approximate surface area is 313 Å². The van der Waals surface area contributed by atoms with E-state index in [1.165, 1.54) is 44.5 Å². The van der Waals surface area contributed by atoms with Gasteiger partial charge >= 0.3 is 0 Å². The monoisotopic (exact) mass is 690 g/mol. The van der Waals surface area contributed by atoms with Crippen LogP contribution in [0.5, 0.6) is 0 Å². The summed E-state index contributed by atoms with van der Waals surface area (Å²) in [7, 11) is 0. The topological polar surface area (TPSA) is 57.4 Å². The fraction of sp³-hybridized carbons (Fsp3) is 0.120. The molecule has 254 valence electrons. The maximum absolute atomic E-state index is 11.0. The van der Waals surface area contributed by atoms with Crippen molar-refractivity contribution < 1.29 is 0 Å². The predicted octanol–water partition coefficient (Wildman–Crippen LogP) is 12.2. The summed E-state index contributed by atoms with van der Waals surface area (Å²) in [6.45, 7) is 9.26. The second-order valence-corrected chi connectivity index (χ2v) is 16.0. The highest BCUT2D eigenvalue weighted by Gasteiger charge is 2.38. The largest absolute Gasteiger partial charge is 0.307 e. The van der Waals surface area contributed by atoms with Crippen molar-refractivity contribution in [3.8, 4) is 45.8 Å². The first-order chi connectivity index (χ1) is 26.2. The smallest absolute Gasteiger partial charge is 0.101 e. The standard InChI is InChI=1S/C50H34N4/c1-49(2)39-17-9-5-13-31(39)35-25-45-37(23-41(35)49)33-15-7-11-19-43(33)53(45)47-22-29(27-51)21-30(28-52)48(47)54-44-20-12-8-16-34(44)38-24-42-36(26-46(38)54)32-14-6-10-18-40(32)50(42,3)4/h5-26H,1-4H3. The quantitative estimate of drug-likeness (QED) is 0.181. The summed E-state index contributed by atoms with van der Waals surface area (Å²) in [4.78, 5) is 0. The number of nitrogens with zero attached hydrogens (tertiary/aromatic N) is 4. The van der Waals surface area contributed by atoms with Crippen molar-refractivity contribution in [2.75, 3.05) is 0 Å². The summed E-state index contributed by atoms with van der Waals surface area (Å²) in [6, 6.07) is 52.6. The van der Waals surface area contributed by atoms with Crippen LogP contribution in [0.25, 0.3) is 77.2 Å². The third kappa shape index (κ3) is 3.75. The number of hydrogen-bond donors (Lipinski definition) is 0. The molecule has 2 aliphatic carbocycles. The Morgan fingerprint density at radius 2 is 0.907 bits per heavy atom. The SMILES string of the molecule is CC1(C)c2ccccc2-c2cc3c(cc21)c1ccccc1n3-c1cc(C#N)cc(C#N)c1-n1c2ccccc2c2cc3c(cc21)-c1ccccc1C3(C)C. The molecule has 4 heteroatoms. The summed E-state index contributed by atoms with van der Waals surface area (Å²) in [5.74, 6) is 0. The number of rotatable bonds is 2. The van der Waals surface area contributed by atoms with E-state index in [1.807, 2.05) is 6.07 Å². The lowest BCUT2D eigenvalue weighted by Crippen LogP contribution is -2.14. The molecule has 4 nitrogen and oxygen atoms in total. The van der Waals surface area contributed by atoms with Gasteiger partial charge in [-0.15, -0.1) is 0 Å². The molecule has 11 rings (SSSR count). The molecule has 2 aromatic heterocycles. The Bertz CT molecular complexity index is 3240. The van der Waals surface area contributed by atoms with E-state index in [-0.39, 0.29) is 10.8 Å². The van der Waals surface area contributed by atoms with E-state index in [0.29, 0.717) is 11.1 Å². The number of benzene rings is 7. The number of fused-ring (bicyclic) bond motifs is 12. The molecule has 0 spiro atoms. The zero-order valence-electron chi connectivity index (χ0n) is 30.5. The lowest BCUT2D eigenvalue weighted by molar-refractivity contribution is 0.661. The van der Waals surface area contributed by atoms with Crippen molar-refractivity contribution in [1.82, 2.24) is 9.13 Å². The van der Waals surface area contributed by atoms with Gasteiger partial charge in [-0.2, -0.15) is 10.5 Å². The minimum Gasteiger partial charge on any atom is -0.307 e. The summed E-state index contributed by atoms with van der Waals surface area (Å²) in [6.07, 6.45) is 0. The van der Waals surface area contributed by atoms with Crippen LogP contribution in [0.1, 0.15) is 61.1 Å². The molecule has 0 amide bonds. The second-order valence-electron chi connectivity index (χ2n) is 16.0. The van der Waals surface area contributed by atoms with Crippen LogP contribution >= 0.6 is 0 Å². The molecule has 0 atom stereocenters. The Morgan fingerprint density at radius 3 is 1.44 bits per heavy atom. The normalized spacial score (nSPS) is 14.6. The van der Waals surface area contributed by atoms with E-state index in [9.17, 15) is 10.5 Å². The zero-order valence-corrected chi connectivity index (χ0v) is 30.5. The fourth-order valence-corrected chi connectivity index (χ4v) is 10.0. The molecule has 0 N–H and O–H groups in total. The molecule has 0 bridgehead atoms. The van der Waals surface area contributed by atoms with Gasteiger partial charge in [-0.05, 0) is 93.0 Å². The number of nitriles is 2. The molecule has 0 saturated carbocycles. The van der Waals surface area contributed by atoms with Crippen molar-refractivity contribution in [2.24, 2.45) is 0 Å². The van der Waals surface area contributed by atoms with E-state index in [2.05, 4.69) is 170 Å². The lowest BCUT2D eigenvalue weighted by Gasteiger charge is -2.22. The van der Waals surface area contributed by atoms with E-state index in [4.69, 9.17) is 0 Å². The van der Waals surface area contributed by atoms with E-state index in [0.717, 1.165) is 55.0 Å². The van der Waals surface area contributed by atoms with Gasteiger partial charge in [0, 0.05) is 32.4 Å². The van der Waals surface area contributed by atoms with Crippen LogP contribution < -0.4 is 0 Å². The molecule has 0 unspecified atom stereocenters. The van der Waals surface area contributed by atoms with Crippen LogP contribution in [0, 0.1) is 22.7 Å². The van der Waals surface area contributed by atoms with E-state index < -0.39 is 0 Å².